The molecule has 2 aromatic rings. The smallest absolute Gasteiger partial charge is 0.188 e. The van der Waals surface area contributed by atoms with Crippen molar-refractivity contribution in [1.82, 2.24) is 0 Å². The van der Waals surface area contributed by atoms with Crippen molar-refractivity contribution in [2.75, 3.05) is 0 Å². The summed E-state index contributed by atoms with van der Waals surface area (Å²) in [7, 11) is 0. The zero-order valence-corrected chi connectivity index (χ0v) is 15.2. The molecule has 2 heterocycles. The second-order valence-electron chi connectivity index (χ2n) is 7.39. The van der Waals surface area contributed by atoms with E-state index in [1.165, 1.54) is 47.2 Å². The minimum Gasteiger partial charge on any atom is -0.188 e. The van der Waals surface area contributed by atoms with E-state index in [2.05, 4.69) is 74.5 Å². The molecule has 1 saturated carbocycles. The minimum absolute atomic E-state index is 0.0781. The van der Waals surface area contributed by atoms with Crippen LogP contribution in [0.25, 0.3) is 11.3 Å². The van der Waals surface area contributed by atoms with Gasteiger partial charge >= 0.3 is 0 Å². The molecule has 1 aliphatic carbocycles. The normalized spacial score (nSPS) is 26.5. The van der Waals surface area contributed by atoms with Gasteiger partial charge in [-0.15, -0.1) is 0 Å². The maximum absolute atomic E-state index is 4.55. The molecular weight excluding hydrogens is 290 g/mol. The van der Waals surface area contributed by atoms with E-state index in [1.54, 1.807) is 0 Å². The fourth-order valence-electron chi connectivity index (χ4n) is 5.39. The summed E-state index contributed by atoms with van der Waals surface area (Å²) >= 11 is 0. The fraction of sp³-hybridized carbons (Fsp3) is 0.435. The van der Waals surface area contributed by atoms with E-state index in [1.807, 2.05) is 0 Å². The quantitative estimate of drug-likeness (QED) is 0.519. The summed E-state index contributed by atoms with van der Waals surface area (Å²) < 4.78 is 2.54. The first-order valence-corrected chi connectivity index (χ1v) is 9.52. The maximum Gasteiger partial charge on any atom is 0.213 e. The lowest BCUT2D eigenvalue weighted by molar-refractivity contribution is -0.731. The summed E-state index contributed by atoms with van der Waals surface area (Å²) in [6.45, 7) is 11.4. The summed E-state index contributed by atoms with van der Waals surface area (Å²) in [6, 6.07) is 13.8. The number of rotatable bonds is 5. The summed E-state index contributed by atoms with van der Waals surface area (Å²) in [4.78, 5) is 0. The number of hydrogen-bond acceptors (Lipinski definition) is 0. The molecule has 0 saturated heterocycles. The SMILES string of the molecule is C=C1C2(CC)c3ccccc3-c3cc(CCCC)cc[n+]3C12CC. The van der Waals surface area contributed by atoms with Gasteiger partial charge in [-0.05, 0) is 36.5 Å². The Morgan fingerprint density at radius 2 is 1.83 bits per heavy atom. The van der Waals surface area contributed by atoms with Crippen LogP contribution in [0.15, 0.2) is 54.7 Å². The Balaban J connectivity index is 1.97. The molecule has 0 N–H and O–H groups in total. The fourth-order valence-corrected chi connectivity index (χ4v) is 5.39. The van der Waals surface area contributed by atoms with Crippen molar-refractivity contribution in [3.8, 4) is 11.3 Å². The minimum atomic E-state index is 0.0781. The number of pyridine rings is 1. The van der Waals surface area contributed by atoms with Gasteiger partial charge in [-0.3, -0.25) is 0 Å². The molecule has 0 radical (unpaired) electrons. The predicted molar refractivity (Wildman–Crippen MR) is 100 cm³/mol. The lowest BCUT2D eigenvalue weighted by Gasteiger charge is -2.27. The van der Waals surface area contributed by atoms with Crippen molar-refractivity contribution in [2.24, 2.45) is 0 Å². The number of benzene rings is 1. The largest absolute Gasteiger partial charge is 0.213 e. The van der Waals surface area contributed by atoms with Crippen LogP contribution in [-0.4, -0.2) is 0 Å². The summed E-state index contributed by atoms with van der Waals surface area (Å²) in [5.74, 6) is 0. The van der Waals surface area contributed by atoms with Crippen LogP contribution in [-0.2, 0) is 17.4 Å². The average molecular weight is 318 g/mol. The van der Waals surface area contributed by atoms with Crippen molar-refractivity contribution < 1.29 is 4.57 Å². The predicted octanol–water partition coefficient (Wildman–Crippen LogP) is 5.32. The zero-order valence-electron chi connectivity index (χ0n) is 15.2. The first kappa shape index (κ1) is 15.6. The van der Waals surface area contributed by atoms with E-state index in [0.29, 0.717) is 0 Å². The Kier molecular flexibility index (Phi) is 3.46. The van der Waals surface area contributed by atoms with Crippen molar-refractivity contribution in [2.45, 2.75) is 63.8 Å². The number of allylic oxidation sites excluding steroid dienone is 1. The van der Waals surface area contributed by atoms with Crippen LogP contribution in [0.3, 0.4) is 0 Å². The third-order valence-corrected chi connectivity index (χ3v) is 6.61. The molecule has 1 aliphatic heterocycles. The molecule has 24 heavy (non-hydrogen) atoms. The van der Waals surface area contributed by atoms with Crippen LogP contribution >= 0.6 is 0 Å². The lowest BCUT2D eigenvalue weighted by Crippen LogP contribution is -2.54. The zero-order chi connectivity index (χ0) is 16.9. The molecular formula is C23H28N+. The highest BCUT2D eigenvalue weighted by Crippen LogP contribution is 2.70. The number of aryl methyl sites for hydroxylation is 1. The number of aromatic nitrogens is 1. The number of hydrogen-bond donors (Lipinski definition) is 0. The van der Waals surface area contributed by atoms with Gasteiger partial charge in [-0.1, -0.05) is 52.0 Å². The van der Waals surface area contributed by atoms with E-state index < -0.39 is 0 Å². The second kappa shape index (κ2) is 5.31. The second-order valence-corrected chi connectivity index (χ2v) is 7.39. The lowest BCUT2D eigenvalue weighted by atomic mass is 9.79. The molecule has 2 aliphatic rings. The molecule has 1 nitrogen and oxygen atoms in total. The van der Waals surface area contributed by atoms with Gasteiger partial charge in [0.1, 0.15) is 0 Å². The van der Waals surface area contributed by atoms with Crippen LogP contribution in [0, 0.1) is 0 Å². The number of unbranched alkanes of at least 4 members (excludes halogenated alkanes) is 1. The monoisotopic (exact) mass is 318 g/mol. The van der Waals surface area contributed by atoms with Gasteiger partial charge in [-0.2, -0.15) is 4.57 Å². The van der Waals surface area contributed by atoms with Gasteiger partial charge in [0.05, 0.1) is 11.0 Å². The molecule has 1 fully saturated rings. The van der Waals surface area contributed by atoms with Gasteiger partial charge in [0.25, 0.3) is 0 Å². The first-order chi connectivity index (χ1) is 11.7. The molecule has 2 unspecified atom stereocenters. The highest BCUT2D eigenvalue weighted by molar-refractivity contribution is 5.74. The molecule has 1 heteroatoms. The van der Waals surface area contributed by atoms with Crippen LogP contribution in [0.1, 0.15) is 57.6 Å². The molecule has 4 rings (SSSR count). The third kappa shape index (κ3) is 1.63. The van der Waals surface area contributed by atoms with Crippen LogP contribution in [0.5, 0.6) is 0 Å². The van der Waals surface area contributed by atoms with E-state index >= 15 is 0 Å². The van der Waals surface area contributed by atoms with Gasteiger partial charge < -0.3 is 0 Å². The van der Waals surface area contributed by atoms with E-state index in [0.717, 1.165) is 12.8 Å². The topological polar surface area (TPSA) is 3.88 Å². The molecule has 124 valence electrons. The van der Waals surface area contributed by atoms with Crippen molar-refractivity contribution in [3.05, 3.63) is 65.9 Å². The molecule has 1 aromatic carbocycles. The molecule has 0 amide bonds. The Labute approximate surface area is 146 Å². The summed E-state index contributed by atoms with van der Waals surface area (Å²) in [5.41, 5.74) is 7.34. The Morgan fingerprint density at radius 3 is 2.54 bits per heavy atom. The maximum atomic E-state index is 4.55. The van der Waals surface area contributed by atoms with Crippen molar-refractivity contribution in [1.29, 1.82) is 0 Å². The summed E-state index contributed by atoms with van der Waals surface area (Å²) in [6.07, 6.45) is 8.25. The molecule has 0 spiro atoms. The molecule has 0 bridgehead atoms. The first-order valence-electron chi connectivity index (χ1n) is 9.52. The van der Waals surface area contributed by atoms with E-state index in [-0.39, 0.29) is 11.0 Å². The summed E-state index contributed by atoms with van der Waals surface area (Å²) in [5, 5.41) is 0. The van der Waals surface area contributed by atoms with E-state index in [4.69, 9.17) is 0 Å². The Bertz CT molecular complexity index is 819. The number of fused-ring (bicyclic) bond motifs is 6. The van der Waals surface area contributed by atoms with Gasteiger partial charge in [0, 0.05) is 24.1 Å². The van der Waals surface area contributed by atoms with Crippen LogP contribution in [0.4, 0.5) is 0 Å². The highest BCUT2D eigenvalue weighted by atomic mass is 15.2. The molecule has 2 atom stereocenters. The van der Waals surface area contributed by atoms with Crippen LogP contribution < -0.4 is 4.57 Å². The van der Waals surface area contributed by atoms with Gasteiger partial charge in [0.2, 0.25) is 11.2 Å². The standard InChI is InChI=1S/C23H28N/c1-5-8-11-18-14-15-24-21(16-18)19-12-9-10-13-20(19)22(6-2)17(4)23(22,24)7-3/h9-10,12-16H,4-8,11H2,1-3H3/q+1. The number of nitrogens with zero attached hydrogens (tertiary/aromatic N) is 1. The van der Waals surface area contributed by atoms with E-state index in [9.17, 15) is 0 Å². The van der Waals surface area contributed by atoms with Crippen molar-refractivity contribution >= 4 is 0 Å². The highest BCUT2D eigenvalue weighted by Gasteiger charge is 2.80. The Hall–Kier alpha value is -1.89. The van der Waals surface area contributed by atoms with Crippen LogP contribution in [0.2, 0.25) is 0 Å². The molecule has 1 aromatic heterocycles. The van der Waals surface area contributed by atoms with Gasteiger partial charge in [0.15, 0.2) is 6.20 Å². The van der Waals surface area contributed by atoms with Gasteiger partial charge in [-0.25, -0.2) is 0 Å². The Morgan fingerprint density at radius 1 is 1.04 bits per heavy atom. The van der Waals surface area contributed by atoms with Crippen molar-refractivity contribution in [3.63, 3.8) is 0 Å². The average Bonchev–Trinajstić information content (AvgIpc) is 3.20. The third-order valence-electron chi connectivity index (χ3n) is 6.61.